The molecule has 0 amide bonds. The van der Waals surface area contributed by atoms with Gasteiger partial charge in [-0.1, -0.05) is 22.0 Å². The molecule has 100 valence electrons. The van der Waals surface area contributed by atoms with Crippen molar-refractivity contribution in [3.8, 4) is 0 Å². The van der Waals surface area contributed by atoms with E-state index in [9.17, 15) is 0 Å². The first-order valence-corrected chi connectivity index (χ1v) is 8.31. The summed E-state index contributed by atoms with van der Waals surface area (Å²) in [5.74, 6) is 0. The van der Waals surface area contributed by atoms with Crippen molar-refractivity contribution in [1.29, 1.82) is 0 Å². The lowest BCUT2D eigenvalue weighted by Crippen LogP contribution is -2.12. The Morgan fingerprint density at radius 2 is 1.95 bits per heavy atom. The summed E-state index contributed by atoms with van der Waals surface area (Å²) < 4.78 is 1.16. The van der Waals surface area contributed by atoms with Crippen LogP contribution in [0.25, 0.3) is 0 Å². The first-order valence-electron chi connectivity index (χ1n) is 6.70. The maximum Gasteiger partial charge on any atom is 0.0648 e. The minimum atomic E-state index is 0.0161. The van der Waals surface area contributed by atoms with Crippen molar-refractivity contribution in [2.45, 2.75) is 39.2 Å². The van der Waals surface area contributed by atoms with Crippen LogP contribution < -0.4 is 5.73 Å². The molecule has 1 aromatic heterocycles. The first-order chi connectivity index (χ1) is 9.06. The molecular weight excluding hydrogens is 318 g/mol. The van der Waals surface area contributed by atoms with Gasteiger partial charge in [-0.2, -0.15) is 0 Å². The summed E-state index contributed by atoms with van der Waals surface area (Å²) in [5.41, 5.74) is 11.8. The molecule has 19 heavy (non-hydrogen) atoms. The highest BCUT2D eigenvalue weighted by atomic mass is 79.9. The molecule has 1 nitrogen and oxygen atoms in total. The van der Waals surface area contributed by atoms with Crippen molar-refractivity contribution in [3.63, 3.8) is 0 Å². The Morgan fingerprint density at radius 1 is 1.16 bits per heavy atom. The second-order valence-electron chi connectivity index (χ2n) is 5.39. The molecule has 1 unspecified atom stereocenters. The molecule has 0 aliphatic heterocycles. The third kappa shape index (κ3) is 2.39. The van der Waals surface area contributed by atoms with Crippen molar-refractivity contribution in [1.82, 2.24) is 0 Å². The van der Waals surface area contributed by atoms with Gasteiger partial charge >= 0.3 is 0 Å². The molecule has 0 saturated heterocycles. The van der Waals surface area contributed by atoms with Crippen LogP contribution in [-0.2, 0) is 12.8 Å². The van der Waals surface area contributed by atoms with Crippen molar-refractivity contribution < 1.29 is 0 Å². The van der Waals surface area contributed by atoms with E-state index in [1.54, 1.807) is 4.88 Å². The largest absolute Gasteiger partial charge is 0.320 e. The Bertz CT molecular complexity index is 608. The van der Waals surface area contributed by atoms with E-state index in [4.69, 9.17) is 5.73 Å². The van der Waals surface area contributed by atoms with E-state index in [1.165, 1.54) is 46.4 Å². The van der Waals surface area contributed by atoms with Gasteiger partial charge in [0.1, 0.15) is 0 Å². The summed E-state index contributed by atoms with van der Waals surface area (Å²) in [6.07, 6.45) is 3.79. The van der Waals surface area contributed by atoms with Crippen LogP contribution in [0.4, 0.5) is 0 Å². The maximum absolute atomic E-state index is 6.49. The standard InChI is InChI=1S/C16H18BrNS/c1-9-7-13(17)10(2)6-12(9)16(18)15-8-11-4-3-5-14(11)19-15/h6-8,16H,3-5,18H2,1-2H3. The zero-order valence-corrected chi connectivity index (χ0v) is 13.7. The Balaban J connectivity index is 1.99. The molecule has 3 heteroatoms. The molecule has 0 bridgehead atoms. The Morgan fingerprint density at radius 3 is 2.68 bits per heavy atom. The van der Waals surface area contributed by atoms with Gasteiger partial charge in [-0.25, -0.2) is 0 Å². The molecular formula is C16H18BrNS. The number of benzene rings is 1. The van der Waals surface area contributed by atoms with Gasteiger partial charge in [0.05, 0.1) is 6.04 Å². The number of hydrogen-bond acceptors (Lipinski definition) is 2. The van der Waals surface area contributed by atoms with Gasteiger partial charge in [0.25, 0.3) is 0 Å². The highest BCUT2D eigenvalue weighted by Gasteiger charge is 2.20. The van der Waals surface area contributed by atoms with Crippen LogP contribution in [-0.4, -0.2) is 0 Å². The lowest BCUT2D eigenvalue weighted by molar-refractivity contribution is 0.871. The highest BCUT2D eigenvalue weighted by molar-refractivity contribution is 9.10. The van der Waals surface area contributed by atoms with Gasteiger partial charge in [0.15, 0.2) is 0 Å². The SMILES string of the molecule is Cc1cc(C(N)c2cc3c(s2)CCC3)c(C)cc1Br. The fourth-order valence-corrected chi connectivity index (χ4v) is 4.53. The number of fused-ring (bicyclic) bond motifs is 1. The molecule has 1 atom stereocenters. The van der Waals surface area contributed by atoms with Gasteiger partial charge < -0.3 is 5.73 Å². The number of nitrogens with two attached hydrogens (primary N) is 1. The Labute approximate surface area is 127 Å². The number of hydrogen-bond donors (Lipinski definition) is 1. The maximum atomic E-state index is 6.49. The minimum absolute atomic E-state index is 0.0161. The van der Waals surface area contributed by atoms with Crippen LogP contribution in [0.5, 0.6) is 0 Å². The topological polar surface area (TPSA) is 26.0 Å². The molecule has 0 saturated carbocycles. The molecule has 0 spiro atoms. The van der Waals surface area contributed by atoms with Crippen LogP contribution in [0.1, 0.15) is 44.5 Å². The zero-order valence-electron chi connectivity index (χ0n) is 11.3. The molecule has 1 aliphatic rings. The minimum Gasteiger partial charge on any atom is -0.320 e. The number of halogens is 1. The smallest absolute Gasteiger partial charge is 0.0648 e. The Kier molecular flexibility index (Phi) is 3.54. The van der Waals surface area contributed by atoms with Crippen LogP contribution in [0.15, 0.2) is 22.7 Å². The molecule has 0 fully saturated rings. The molecule has 1 aromatic carbocycles. The summed E-state index contributed by atoms with van der Waals surface area (Å²) in [4.78, 5) is 2.87. The summed E-state index contributed by atoms with van der Waals surface area (Å²) in [6.45, 7) is 4.26. The third-order valence-corrected chi connectivity index (χ3v) is 6.13. The van der Waals surface area contributed by atoms with Crippen molar-refractivity contribution in [3.05, 3.63) is 54.7 Å². The second kappa shape index (κ2) is 5.04. The van der Waals surface area contributed by atoms with Gasteiger partial charge in [0.2, 0.25) is 0 Å². The quantitative estimate of drug-likeness (QED) is 0.848. The number of thiophene rings is 1. The van der Waals surface area contributed by atoms with Crippen LogP contribution >= 0.6 is 27.3 Å². The third-order valence-electron chi connectivity index (χ3n) is 3.95. The van der Waals surface area contributed by atoms with E-state index in [-0.39, 0.29) is 6.04 Å². The van der Waals surface area contributed by atoms with Crippen molar-refractivity contribution >= 4 is 27.3 Å². The molecule has 3 rings (SSSR count). The number of aryl methyl sites for hydroxylation is 4. The van der Waals surface area contributed by atoms with Crippen LogP contribution in [0.2, 0.25) is 0 Å². The van der Waals surface area contributed by atoms with E-state index >= 15 is 0 Å². The summed E-state index contributed by atoms with van der Waals surface area (Å²) >= 11 is 5.49. The molecule has 1 heterocycles. The van der Waals surface area contributed by atoms with Gasteiger partial charge in [-0.3, -0.25) is 0 Å². The highest BCUT2D eigenvalue weighted by Crippen LogP contribution is 2.36. The number of rotatable bonds is 2. The molecule has 2 aromatic rings. The van der Waals surface area contributed by atoms with E-state index in [2.05, 4.69) is 48.0 Å². The van der Waals surface area contributed by atoms with E-state index < -0.39 is 0 Å². The predicted octanol–water partition coefficient (Wildman–Crippen LogP) is 4.66. The van der Waals surface area contributed by atoms with Gasteiger partial charge in [-0.15, -0.1) is 11.3 Å². The van der Waals surface area contributed by atoms with Crippen molar-refractivity contribution in [2.24, 2.45) is 5.73 Å². The van der Waals surface area contributed by atoms with Gasteiger partial charge in [0, 0.05) is 14.2 Å². The lowest BCUT2D eigenvalue weighted by atomic mass is 9.98. The predicted molar refractivity (Wildman–Crippen MR) is 86.0 cm³/mol. The van der Waals surface area contributed by atoms with E-state index in [0.29, 0.717) is 0 Å². The average molecular weight is 336 g/mol. The lowest BCUT2D eigenvalue weighted by Gasteiger charge is -2.15. The van der Waals surface area contributed by atoms with Crippen LogP contribution in [0.3, 0.4) is 0 Å². The average Bonchev–Trinajstić information content (AvgIpc) is 2.93. The van der Waals surface area contributed by atoms with Crippen LogP contribution in [0, 0.1) is 13.8 Å². The van der Waals surface area contributed by atoms with E-state index in [0.717, 1.165) is 4.47 Å². The fraction of sp³-hybridized carbons (Fsp3) is 0.375. The van der Waals surface area contributed by atoms with Gasteiger partial charge in [-0.05, 0) is 67.5 Å². The Hall–Kier alpha value is -0.640. The summed E-state index contributed by atoms with van der Waals surface area (Å²) in [5, 5.41) is 0. The second-order valence-corrected chi connectivity index (χ2v) is 7.41. The summed E-state index contributed by atoms with van der Waals surface area (Å²) in [7, 11) is 0. The normalized spacial score (nSPS) is 15.6. The van der Waals surface area contributed by atoms with Crippen molar-refractivity contribution in [2.75, 3.05) is 0 Å². The molecule has 2 N–H and O–H groups in total. The first kappa shape index (κ1) is 13.3. The molecule has 0 radical (unpaired) electrons. The monoisotopic (exact) mass is 335 g/mol. The van der Waals surface area contributed by atoms with E-state index in [1.807, 2.05) is 11.3 Å². The zero-order chi connectivity index (χ0) is 13.6. The molecule has 1 aliphatic carbocycles. The fourth-order valence-electron chi connectivity index (χ4n) is 2.80. The summed E-state index contributed by atoms with van der Waals surface area (Å²) in [6, 6.07) is 6.73.